The molecule has 37 heavy (non-hydrogen) atoms. The minimum Gasteiger partial charge on any atom is -0.378 e. The fraction of sp³-hybridized carbons (Fsp3) is 0.103. The molecule has 8 heteroatoms. The van der Waals surface area contributed by atoms with Crippen molar-refractivity contribution in [3.8, 4) is 0 Å². The van der Waals surface area contributed by atoms with E-state index < -0.39 is 0 Å². The molecule has 0 bridgehead atoms. The Hall–Kier alpha value is -4.43. The van der Waals surface area contributed by atoms with Crippen LogP contribution >= 0.6 is 11.8 Å². The molecule has 5 rings (SSSR count). The van der Waals surface area contributed by atoms with Crippen LogP contribution in [0.4, 0.5) is 17.1 Å². The number of amides is 2. The van der Waals surface area contributed by atoms with Gasteiger partial charge in [0.15, 0.2) is 5.17 Å². The SMILES string of the molecule is CN(C)c1ccc(C=C2N=C(SCC(=O)Nc3cnc4ccccc4c3)N(c3ccccc3)C2=O)cc1. The molecule has 0 saturated carbocycles. The second kappa shape index (κ2) is 10.7. The minimum absolute atomic E-state index is 0.0904. The topological polar surface area (TPSA) is 77.9 Å². The number of aromatic nitrogens is 1. The van der Waals surface area contributed by atoms with E-state index in [1.54, 1.807) is 17.2 Å². The van der Waals surface area contributed by atoms with Crippen molar-refractivity contribution in [2.24, 2.45) is 4.99 Å². The first-order chi connectivity index (χ1) is 18.0. The van der Waals surface area contributed by atoms with Gasteiger partial charge in [-0.15, -0.1) is 0 Å². The predicted octanol–water partition coefficient (Wildman–Crippen LogP) is 5.42. The number of rotatable bonds is 6. The lowest BCUT2D eigenvalue weighted by molar-refractivity contribution is -0.114. The van der Waals surface area contributed by atoms with E-state index in [4.69, 9.17) is 0 Å². The van der Waals surface area contributed by atoms with Gasteiger partial charge in [-0.3, -0.25) is 19.5 Å². The summed E-state index contributed by atoms with van der Waals surface area (Å²) in [5, 5.41) is 4.29. The number of amidine groups is 1. The zero-order valence-corrected chi connectivity index (χ0v) is 21.3. The third-order valence-electron chi connectivity index (χ3n) is 5.76. The number of hydrogen-bond acceptors (Lipinski definition) is 6. The third kappa shape index (κ3) is 5.54. The van der Waals surface area contributed by atoms with Crippen molar-refractivity contribution in [3.63, 3.8) is 0 Å². The van der Waals surface area contributed by atoms with Crippen LogP contribution in [0.5, 0.6) is 0 Å². The zero-order valence-electron chi connectivity index (χ0n) is 20.5. The Balaban J connectivity index is 1.35. The Morgan fingerprint density at radius 2 is 1.73 bits per heavy atom. The van der Waals surface area contributed by atoms with Crippen LogP contribution < -0.4 is 15.1 Å². The summed E-state index contributed by atoms with van der Waals surface area (Å²) >= 11 is 1.22. The monoisotopic (exact) mass is 507 g/mol. The number of pyridine rings is 1. The predicted molar refractivity (Wildman–Crippen MR) is 153 cm³/mol. The largest absolute Gasteiger partial charge is 0.378 e. The van der Waals surface area contributed by atoms with Crippen LogP contribution in [0, 0.1) is 0 Å². The maximum absolute atomic E-state index is 13.4. The molecule has 3 aromatic carbocycles. The number of aliphatic imine (C=N–C) groups is 1. The lowest BCUT2D eigenvalue weighted by Gasteiger charge is -2.17. The highest BCUT2D eigenvalue weighted by atomic mass is 32.2. The number of fused-ring (bicyclic) bond motifs is 1. The molecular weight excluding hydrogens is 482 g/mol. The Morgan fingerprint density at radius 1 is 1.00 bits per heavy atom. The molecule has 0 radical (unpaired) electrons. The van der Waals surface area contributed by atoms with E-state index >= 15 is 0 Å². The second-order valence-electron chi connectivity index (χ2n) is 8.64. The number of carbonyl (C=O) groups excluding carboxylic acids is 2. The van der Waals surface area contributed by atoms with E-state index in [0.29, 0.717) is 22.2 Å². The normalized spacial score (nSPS) is 14.2. The van der Waals surface area contributed by atoms with Gasteiger partial charge in [0.05, 0.1) is 28.8 Å². The summed E-state index contributed by atoms with van der Waals surface area (Å²) in [6, 6.07) is 26.8. The van der Waals surface area contributed by atoms with Gasteiger partial charge >= 0.3 is 0 Å². The molecule has 4 aromatic rings. The van der Waals surface area contributed by atoms with E-state index in [1.165, 1.54) is 11.8 Å². The van der Waals surface area contributed by atoms with Gasteiger partial charge in [-0.2, -0.15) is 0 Å². The molecule has 1 N–H and O–H groups in total. The summed E-state index contributed by atoms with van der Waals surface area (Å²) in [7, 11) is 3.96. The number of nitrogens with zero attached hydrogens (tertiary/aromatic N) is 4. The smallest absolute Gasteiger partial charge is 0.283 e. The molecule has 7 nitrogen and oxygen atoms in total. The van der Waals surface area contributed by atoms with Gasteiger partial charge < -0.3 is 10.2 Å². The highest BCUT2D eigenvalue weighted by Crippen LogP contribution is 2.29. The first-order valence-corrected chi connectivity index (χ1v) is 12.7. The molecule has 0 spiro atoms. The molecular formula is C29H25N5O2S. The van der Waals surface area contributed by atoms with Crippen molar-refractivity contribution in [2.45, 2.75) is 0 Å². The van der Waals surface area contributed by atoms with Gasteiger partial charge in [0.1, 0.15) is 5.70 Å². The van der Waals surface area contributed by atoms with Crippen LogP contribution in [0.15, 0.2) is 102 Å². The van der Waals surface area contributed by atoms with Crippen LogP contribution in [0.2, 0.25) is 0 Å². The van der Waals surface area contributed by atoms with Crippen LogP contribution in [0.25, 0.3) is 17.0 Å². The Labute approximate surface area is 219 Å². The molecule has 1 aromatic heterocycles. The standard InChI is InChI=1S/C29H25N5O2S/c1-33(2)23-14-12-20(13-15-23)16-26-28(36)34(24-9-4-3-5-10-24)29(32-26)37-19-27(35)31-22-17-21-8-6-7-11-25(21)30-18-22/h3-18H,19H2,1-2H3,(H,31,35). The highest BCUT2D eigenvalue weighted by Gasteiger charge is 2.32. The Kier molecular flexibility index (Phi) is 7.00. The maximum Gasteiger partial charge on any atom is 0.283 e. The van der Waals surface area contributed by atoms with Crippen molar-refractivity contribution >= 4 is 62.8 Å². The lowest BCUT2D eigenvalue weighted by atomic mass is 10.1. The number of hydrogen-bond donors (Lipinski definition) is 1. The van der Waals surface area contributed by atoms with Crippen molar-refractivity contribution in [2.75, 3.05) is 35.0 Å². The molecule has 0 fully saturated rings. The molecule has 0 unspecified atom stereocenters. The minimum atomic E-state index is -0.232. The molecule has 1 aliphatic rings. The number of carbonyl (C=O) groups is 2. The first-order valence-electron chi connectivity index (χ1n) is 11.7. The number of thioether (sulfide) groups is 1. The second-order valence-corrected chi connectivity index (χ2v) is 9.58. The summed E-state index contributed by atoms with van der Waals surface area (Å²) in [5.41, 5.74) is 4.45. The van der Waals surface area contributed by atoms with Crippen molar-refractivity contribution in [3.05, 3.63) is 102 Å². The van der Waals surface area contributed by atoms with Crippen LogP contribution in [-0.4, -0.2) is 41.8 Å². The summed E-state index contributed by atoms with van der Waals surface area (Å²) in [6.07, 6.45) is 3.41. The quantitative estimate of drug-likeness (QED) is 0.353. The van der Waals surface area contributed by atoms with Crippen LogP contribution in [0.1, 0.15) is 5.56 Å². The van der Waals surface area contributed by atoms with E-state index in [9.17, 15) is 9.59 Å². The highest BCUT2D eigenvalue weighted by molar-refractivity contribution is 8.14. The van der Waals surface area contributed by atoms with Crippen molar-refractivity contribution in [1.29, 1.82) is 0 Å². The van der Waals surface area contributed by atoms with Crippen molar-refractivity contribution in [1.82, 2.24) is 4.98 Å². The van der Waals surface area contributed by atoms with E-state index in [1.807, 2.05) is 104 Å². The average Bonchev–Trinajstić information content (AvgIpc) is 3.22. The van der Waals surface area contributed by atoms with Crippen molar-refractivity contribution < 1.29 is 9.59 Å². The lowest BCUT2D eigenvalue weighted by Crippen LogP contribution is -2.31. The van der Waals surface area contributed by atoms with Gasteiger partial charge in [0, 0.05) is 25.2 Å². The summed E-state index contributed by atoms with van der Waals surface area (Å²) in [4.78, 5) is 38.7. The molecule has 2 amide bonds. The molecule has 0 atom stereocenters. The Morgan fingerprint density at radius 3 is 2.49 bits per heavy atom. The average molecular weight is 508 g/mol. The van der Waals surface area contributed by atoms with E-state index in [2.05, 4.69) is 15.3 Å². The fourth-order valence-corrected chi connectivity index (χ4v) is 4.70. The third-order valence-corrected chi connectivity index (χ3v) is 6.70. The fourth-order valence-electron chi connectivity index (χ4n) is 3.89. The number of anilines is 3. The van der Waals surface area contributed by atoms with E-state index in [-0.39, 0.29) is 17.6 Å². The van der Waals surface area contributed by atoms with Gasteiger partial charge in [-0.1, -0.05) is 60.3 Å². The Bertz CT molecular complexity index is 1510. The number of benzene rings is 3. The summed E-state index contributed by atoms with van der Waals surface area (Å²) in [5.74, 6) is -0.348. The molecule has 184 valence electrons. The van der Waals surface area contributed by atoms with Gasteiger partial charge in [0.25, 0.3) is 5.91 Å². The van der Waals surface area contributed by atoms with Gasteiger partial charge in [0.2, 0.25) is 5.91 Å². The van der Waals surface area contributed by atoms with Gasteiger partial charge in [-0.25, -0.2) is 4.99 Å². The number of nitrogens with one attached hydrogen (secondary N) is 1. The zero-order chi connectivity index (χ0) is 25.8. The number of para-hydroxylation sites is 2. The molecule has 0 saturated heterocycles. The van der Waals surface area contributed by atoms with Gasteiger partial charge in [-0.05, 0) is 48.0 Å². The van der Waals surface area contributed by atoms with Crippen LogP contribution in [-0.2, 0) is 9.59 Å². The van der Waals surface area contributed by atoms with E-state index in [0.717, 1.165) is 22.2 Å². The summed E-state index contributed by atoms with van der Waals surface area (Å²) in [6.45, 7) is 0. The first kappa shape index (κ1) is 24.3. The molecule has 1 aliphatic heterocycles. The summed E-state index contributed by atoms with van der Waals surface area (Å²) < 4.78 is 0. The van der Waals surface area contributed by atoms with Crippen LogP contribution in [0.3, 0.4) is 0 Å². The maximum atomic E-state index is 13.4. The molecule has 2 heterocycles. The molecule has 0 aliphatic carbocycles.